The third-order valence-corrected chi connectivity index (χ3v) is 4.52. The highest BCUT2D eigenvalue weighted by Gasteiger charge is 2.15. The molecule has 0 radical (unpaired) electrons. The van der Waals surface area contributed by atoms with Crippen molar-refractivity contribution < 1.29 is 4.92 Å². The number of non-ortho nitro benzene ring substituents is 1. The first-order valence-corrected chi connectivity index (χ1v) is 7.47. The Morgan fingerprint density at radius 3 is 2.52 bits per heavy atom. The van der Waals surface area contributed by atoms with E-state index in [2.05, 4.69) is 9.97 Å². The summed E-state index contributed by atoms with van der Waals surface area (Å²) in [4.78, 5) is 18.8. The highest BCUT2D eigenvalue weighted by molar-refractivity contribution is 7.20. The van der Waals surface area contributed by atoms with E-state index in [-0.39, 0.29) is 16.7 Å². The van der Waals surface area contributed by atoms with Crippen molar-refractivity contribution in [1.29, 1.82) is 0 Å². The topological polar surface area (TPSA) is 68.9 Å². The molecule has 3 rings (SSSR count). The molecule has 0 N–H and O–H groups in total. The van der Waals surface area contributed by atoms with Crippen LogP contribution in [0.1, 0.15) is 0 Å². The number of nitro groups is 1. The van der Waals surface area contributed by atoms with Gasteiger partial charge < -0.3 is 0 Å². The number of fused-ring (bicyclic) bond motifs is 1. The molecule has 2 heterocycles. The second kappa shape index (κ2) is 5.38. The van der Waals surface area contributed by atoms with Gasteiger partial charge in [0, 0.05) is 17.5 Å². The summed E-state index contributed by atoms with van der Waals surface area (Å²) in [6.45, 7) is 0. The summed E-state index contributed by atoms with van der Waals surface area (Å²) in [5.41, 5.74) is 0.845. The van der Waals surface area contributed by atoms with Gasteiger partial charge in [-0.05, 0) is 12.1 Å². The van der Waals surface area contributed by atoms with Crippen LogP contribution < -0.4 is 0 Å². The lowest BCUT2D eigenvalue weighted by atomic mass is 10.2. The van der Waals surface area contributed by atoms with Crippen molar-refractivity contribution in [2.75, 3.05) is 0 Å². The third-order valence-electron chi connectivity index (χ3n) is 2.74. The van der Waals surface area contributed by atoms with Crippen LogP contribution in [0.4, 0.5) is 5.69 Å². The lowest BCUT2D eigenvalue weighted by molar-refractivity contribution is -0.384. The zero-order valence-corrected chi connectivity index (χ0v) is 13.1. The Balaban J connectivity index is 2.25. The molecule has 0 aliphatic carbocycles. The van der Waals surface area contributed by atoms with Gasteiger partial charge in [-0.25, -0.2) is 9.97 Å². The molecule has 0 spiro atoms. The zero-order valence-electron chi connectivity index (χ0n) is 10.0. The van der Waals surface area contributed by atoms with Gasteiger partial charge in [-0.1, -0.05) is 34.8 Å². The maximum absolute atomic E-state index is 10.8. The van der Waals surface area contributed by atoms with E-state index >= 15 is 0 Å². The molecule has 0 atom stereocenters. The van der Waals surface area contributed by atoms with E-state index < -0.39 is 4.92 Å². The second-order valence-corrected chi connectivity index (χ2v) is 6.68. The standard InChI is InChI=1S/C12H4Cl3N3O2S/c13-9-4-7(11(15)21-9)12-16-8-3-5(18(19)20)1-2-6(8)10(14)17-12/h1-4H. The summed E-state index contributed by atoms with van der Waals surface area (Å²) < 4.78 is 0.926. The lowest BCUT2D eigenvalue weighted by Gasteiger charge is -2.03. The maximum atomic E-state index is 10.8. The van der Waals surface area contributed by atoms with Gasteiger partial charge in [0.05, 0.1) is 20.3 Å². The van der Waals surface area contributed by atoms with Crippen LogP contribution in [0.3, 0.4) is 0 Å². The zero-order chi connectivity index (χ0) is 15.1. The molecule has 0 saturated carbocycles. The number of aromatic nitrogens is 2. The molecule has 5 nitrogen and oxygen atoms in total. The number of nitro benzene ring substituents is 1. The molecule has 2 aromatic heterocycles. The maximum Gasteiger partial charge on any atom is 0.271 e. The van der Waals surface area contributed by atoms with Gasteiger partial charge in [0.15, 0.2) is 5.82 Å². The van der Waals surface area contributed by atoms with Crippen LogP contribution >= 0.6 is 46.1 Å². The monoisotopic (exact) mass is 359 g/mol. The van der Waals surface area contributed by atoms with Crippen molar-refractivity contribution >= 4 is 62.7 Å². The number of nitrogens with zero attached hydrogens (tertiary/aromatic N) is 3. The summed E-state index contributed by atoms with van der Waals surface area (Å²) in [7, 11) is 0. The van der Waals surface area contributed by atoms with Gasteiger partial charge in [-0.2, -0.15) is 0 Å². The number of benzene rings is 1. The van der Waals surface area contributed by atoms with Crippen LogP contribution in [0.25, 0.3) is 22.3 Å². The minimum absolute atomic E-state index is 0.0716. The average Bonchev–Trinajstić information content (AvgIpc) is 2.77. The molecule has 106 valence electrons. The van der Waals surface area contributed by atoms with Gasteiger partial charge in [-0.15, -0.1) is 11.3 Å². The minimum atomic E-state index is -0.496. The Bertz CT molecular complexity index is 882. The van der Waals surface area contributed by atoms with Crippen molar-refractivity contribution in [2.24, 2.45) is 0 Å². The van der Waals surface area contributed by atoms with E-state index in [1.807, 2.05) is 0 Å². The molecule has 3 aromatic rings. The van der Waals surface area contributed by atoms with Gasteiger partial charge >= 0.3 is 0 Å². The Labute approximate surface area is 137 Å². The molecule has 9 heteroatoms. The van der Waals surface area contributed by atoms with Crippen LogP contribution in [0.5, 0.6) is 0 Å². The first-order valence-electron chi connectivity index (χ1n) is 5.52. The number of rotatable bonds is 2. The predicted octanol–water partition coefficient (Wildman–Crippen LogP) is 5.23. The fourth-order valence-electron chi connectivity index (χ4n) is 1.81. The fraction of sp³-hybridized carbons (Fsp3) is 0. The molecule has 21 heavy (non-hydrogen) atoms. The van der Waals surface area contributed by atoms with Crippen LogP contribution in [0, 0.1) is 10.1 Å². The lowest BCUT2D eigenvalue weighted by Crippen LogP contribution is -1.93. The summed E-state index contributed by atoms with van der Waals surface area (Å²) >= 11 is 19.3. The molecular formula is C12H4Cl3N3O2S. The molecule has 0 aliphatic rings. The van der Waals surface area contributed by atoms with Crippen LogP contribution in [-0.2, 0) is 0 Å². The third kappa shape index (κ3) is 2.67. The van der Waals surface area contributed by atoms with E-state index in [1.165, 1.54) is 29.5 Å². The van der Waals surface area contributed by atoms with Crippen LogP contribution in [0.15, 0.2) is 24.3 Å². The van der Waals surface area contributed by atoms with Crippen LogP contribution in [-0.4, -0.2) is 14.9 Å². The van der Waals surface area contributed by atoms with E-state index in [1.54, 1.807) is 6.07 Å². The van der Waals surface area contributed by atoms with Gasteiger partial charge in [0.25, 0.3) is 5.69 Å². The molecule has 0 unspecified atom stereocenters. The number of hydrogen-bond acceptors (Lipinski definition) is 5. The quantitative estimate of drug-likeness (QED) is 0.356. The molecule has 0 fully saturated rings. The number of hydrogen-bond donors (Lipinski definition) is 0. The Hall–Kier alpha value is -1.47. The van der Waals surface area contributed by atoms with E-state index in [0.29, 0.717) is 25.1 Å². The van der Waals surface area contributed by atoms with Crippen molar-refractivity contribution in [3.8, 4) is 11.4 Å². The van der Waals surface area contributed by atoms with Gasteiger partial charge in [0.1, 0.15) is 9.49 Å². The van der Waals surface area contributed by atoms with Crippen molar-refractivity contribution in [3.63, 3.8) is 0 Å². The summed E-state index contributed by atoms with van der Waals surface area (Å²) in [6, 6.07) is 5.84. The van der Waals surface area contributed by atoms with Crippen molar-refractivity contribution in [1.82, 2.24) is 9.97 Å². The molecule has 0 bridgehead atoms. The van der Waals surface area contributed by atoms with E-state index in [9.17, 15) is 10.1 Å². The summed E-state index contributed by atoms with van der Waals surface area (Å²) in [5, 5.41) is 11.6. The Morgan fingerprint density at radius 2 is 1.90 bits per heavy atom. The number of thiophene rings is 1. The fourth-order valence-corrected chi connectivity index (χ4v) is 3.50. The minimum Gasteiger partial charge on any atom is -0.258 e. The first-order chi connectivity index (χ1) is 9.95. The molecule has 0 amide bonds. The SMILES string of the molecule is O=[N+]([O-])c1ccc2c(Cl)nc(-c3cc(Cl)sc3Cl)nc2c1. The second-order valence-electron chi connectivity index (χ2n) is 4.03. The van der Waals surface area contributed by atoms with Gasteiger partial charge in [0.2, 0.25) is 0 Å². The molecule has 0 aliphatic heterocycles. The normalized spacial score (nSPS) is 11.0. The summed E-state index contributed by atoms with van der Waals surface area (Å²) in [6.07, 6.45) is 0. The largest absolute Gasteiger partial charge is 0.271 e. The van der Waals surface area contributed by atoms with Crippen molar-refractivity contribution in [2.45, 2.75) is 0 Å². The van der Waals surface area contributed by atoms with Crippen LogP contribution in [0.2, 0.25) is 13.8 Å². The van der Waals surface area contributed by atoms with E-state index in [4.69, 9.17) is 34.8 Å². The smallest absolute Gasteiger partial charge is 0.258 e. The average molecular weight is 361 g/mol. The first kappa shape index (κ1) is 14.5. The molecule has 1 aromatic carbocycles. The van der Waals surface area contributed by atoms with Gasteiger partial charge in [-0.3, -0.25) is 10.1 Å². The van der Waals surface area contributed by atoms with Crippen molar-refractivity contribution in [3.05, 3.63) is 48.2 Å². The molecule has 0 saturated heterocycles. The Kier molecular flexibility index (Phi) is 3.71. The summed E-state index contributed by atoms with van der Waals surface area (Å²) in [5.74, 6) is 0.279. The Morgan fingerprint density at radius 1 is 1.14 bits per heavy atom. The predicted molar refractivity (Wildman–Crippen MR) is 84.5 cm³/mol. The number of halogens is 3. The van der Waals surface area contributed by atoms with E-state index in [0.717, 1.165) is 0 Å². The molecular weight excluding hydrogens is 357 g/mol. The highest BCUT2D eigenvalue weighted by atomic mass is 35.5. The highest BCUT2D eigenvalue weighted by Crippen LogP contribution is 2.38.